The van der Waals surface area contributed by atoms with Gasteiger partial charge in [-0.15, -0.1) is 0 Å². The summed E-state index contributed by atoms with van der Waals surface area (Å²) in [5.74, 6) is 0.879. The molecule has 1 heterocycles. The van der Waals surface area contributed by atoms with Gasteiger partial charge < -0.3 is 9.32 Å². The predicted octanol–water partition coefficient (Wildman–Crippen LogP) is 14.9. The van der Waals surface area contributed by atoms with Crippen LogP contribution in [0.15, 0.2) is 217 Å². The van der Waals surface area contributed by atoms with Gasteiger partial charge in [-0.3, -0.25) is 0 Å². The molecule has 0 aliphatic carbocycles. The van der Waals surface area contributed by atoms with Crippen molar-refractivity contribution < 1.29 is 4.42 Å². The number of furan rings is 1. The summed E-state index contributed by atoms with van der Waals surface area (Å²) in [5, 5.41) is 5.87. The standard InChI is InChI=1S/C52H35NO/c1-4-14-36(15-5-1)38-24-30-42(31-25-38)53(43-32-26-39(27-33-43)37-16-6-2-7-17-37)44-34-28-40(29-35-44)49-50-47-22-12-10-20-45(47)46-21-11-13-23-48(46)52(50)54-51(49)41-18-8-3-9-19-41/h1-35H. The molecule has 10 aromatic rings. The average molecular weight is 690 g/mol. The van der Waals surface area contributed by atoms with E-state index >= 15 is 0 Å². The fourth-order valence-electron chi connectivity index (χ4n) is 7.89. The van der Waals surface area contributed by atoms with Gasteiger partial charge in [0.1, 0.15) is 11.3 Å². The van der Waals surface area contributed by atoms with Crippen LogP contribution in [0, 0.1) is 0 Å². The van der Waals surface area contributed by atoms with Gasteiger partial charge in [0.15, 0.2) is 0 Å². The molecule has 0 fully saturated rings. The van der Waals surface area contributed by atoms with Gasteiger partial charge in [0.2, 0.25) is 0 Å². The fraction of sp³-hybridized carbons (Fsp3) is 0. The highest BCUT2D eigenvalue weighted by molar-refractivity contribution is 6.28. The highest BCUT2D eigenvalue weighted by atomic mass is 16.3. The largest absolute Gasteiger partial charge is 0.455 e. The van der Waals surface area contributed by atoms with E-state index in [0.29, 0.717) is 0 Å². The molecule has 0 unspecified atom stereocenters. The van der Waals surface area contributed by atoms with Crippen LogP contribution in [-0.2, 0) is 0 Å². The van der Waals surface area contributed by atoms with E-state index in [-0.39, 0.29) is 0 Å². The first-order valence-electron chi connectivity index (χ1n) is 18.4. The summed E-state index contributed by atoms with van der Waals surface area (Å²) >= 11 is 0. The number of hydrogen-bond acceptors (Lipinski definition) is 2. The van der Waals surface area contributed by atoms with Crippen molar-refractivity contribution >= 4 is 49.6 Å². The van der Waals surface area contributed by atoms with Crippen molar-refractivity contribution in [1.29, 1.82) is 0 Å². The topological polar surface area (TPSA) is 16.4 Å². The second kappa shape index (κ2) is 13.4. The molecule has 254 valence electrons. The van der Waals surface area contributed by atoms with E-state index in [1.54, 1.807) is 0 Å². The Kier molecular flexibility index (Phi) is 7.85. The maximum absolute atomic E-state index is 6.96. The van der Waals surface area contributed by atoms with Crippen molar-refractivity contribution in [2.45, 2.75) is 0 Å². The minimum absolute atomic E-state index is 0.879. The van der Waals surface area contributed by atoms with E-state index in [4.69, 9.17) is 4.42 Å². The van der Waals surface area contributed by atoms with Crippen molar-refractivity contribution in [2.24, 2.45) is 0 Å². The van der Waals surface area contributed by atoms with E-state index in [2.05, 4.69) is 217 Å². The molecule has 2 nitrogen and oxygen atoms in total. The molecule has 0 aliphatic heterocycles. The molecule has 0 bridgehead atoms. The Labute approximate surface area is 314 Å². The molecule has 2 heteroatoms. The lowest BCUT2D eigenvalue weighted by atomic mass is 9.92. The molecule has 0 N–H and O–H groups in total. The number of anilines is 3. The van der Waals surface area contributed by atoms with Crippen LogP contribution < -0.4 is 4.90 Å². The van der Waals surface area contributed by atoms with Crippen LogP contribution in [0.25, 0.3) is 77.2 Å². The van der Waals surface area contributed by atoms with E-state index < -0.39 is 0 Å². The van der Waals surface area contributed by atoms with Crippen LogP contribution in [-0.4, -0.2) is 0 Å². The first kappa shape index (κ1) is 31.6. The third-order valence-electron chi connectivity index (χ3n) is 10.5. The quantitative estimate of drug-likeness (QED) is 0.155. The van der Waals surface area contributed by atoms with Crippen LogP contribution in [0.3, 0.4) is 0 Å². The van der Waals surface area contributed by atoms with Gasteiger partial charge in [0.25, 0.3) is 0 Å². The van der Waals surface area contributed by atoms with E-state index in [1.807, 2.05) is 0 Å². The Balaban J connectivity index is 1.14. The Morgan fingerprint density at radius 1 is 0.278 bits per heavy atom. The second-order valence-electron chi connectivity index (χ2n) is 13.7. The Bertz CT molecular complexity index is 2790. The SMILES string of the molecule is c1ccc(-c2ccc(N(c3ccc(-c4ccccc4)cc3)c3ccc(-c4c(-c5ccccc5)oc5c6ccccc6c6ccccc6c45)cc3)cc2)cc1. The monoisotopic (exact) mass is 689 g/mol. The van der Waals surface area contributed by atoms with E-state index in [0.717, 1.165) is 55.9 Å². The van der Waals surface area contributed by atoms with Crippen LogP contribution in [0.5, 0.6) is 0 Å². The van der Waals surface area contributed by atoms with Crippen LogP contribution in [0.1, 0.15) is 0 Å². The molecule has 0 saturated heterocycles. The number of nitrogens with zero attached hydrogens (tertiary/aromatic N) is 1. The van der Waals surface area contributed by atoms with Gasteiger partial charge in [-0.25, -0.2) is 0 Å². The first-order chi connectivity index (χ1) is 26.8. The van der Waals surface area contributed by atoms with Gasteiger partial charge >= 0.3 is 0 Å². The molecule has 9 aromatic carbocycles. The first-order valence-corrected chi connectivity index (χ1v) is 18.4. The molecule has 1 aromatic heterocycles. The summed E-state index contributed by atoms with van der Waals surface area (Å²) in [6.45, 7) is 0. The summed E-state index contributed by atoms with van der Waals surface area (Å²) in [5.41, 5.74) is 12.2. The van der Waals surface area contributed by atoms with Crippen molar-refractivity contribution in [3.63, 3.8) is 0 Å². The molecule has 0 amide bonds. The van der Waals surface area contributed by atoms with Gasteiger partial charge in [-0.05, 0) is 80.4 Å². The molecule has 54 heavy (non-hydrogen) atoms. The van der Waals surface area contributed by atoms with Gasteiger partial charge in [-0.1, -0.05) is 176 Å². The molecule has 0 saturated carbocycles. The van der Waals surface area contributed by atoms with Crippen molar-refractivity contribution in [3.8, 4) is 44.7 Å². The molecule has 10 rings (SSSR count). The van der Waals surface area contributed by atoms with E-state index in [1.165, 1.54) is 38.4 Å². The zero-order valence-corrected chi connectivity index (χ0v) is 29.6. The zero-order valence-electron chi connectivity index (χ0n) is 29.6. The van der Waals surface area contributed by atoms with E-state index in [9.17, 15) is 0 Å². The molecule has 0 spiro atoms. The lowest BCUT2D eigenvalue weighted by Gasteiger charge is -2.26. The zero-order chi connectivity index (χ0) is 35.8. The molecule has 0 aliphatic rings. The Hall–Kier alpha value is -7.16. The smallest absolute Gasteiger partial charge is 0.143 e. The summed E-state index contributed by atoms with van der Waals surface area (Å²) in [6, 6.07) is 75.6. The maximum Gasteiger partial charge on any atom is 0.143 e. The lowest BCUT2D eigenvalue weighted by Crippen LogP contribution is -2.09. The molecule has 0 radical (unpaired) electrons. The highest BCUT2D eigenvalue weighted by Crippen LogP contribution is 2.48. The summed E-state index contributed by atoms with van der Waals surface area (Å²) in [6.07, 6.45) is 0. The number of rotatable bonds is 7. The predicted molar refractivity (Wildman–Crippen MR) is 228 cm³/mol. The van der Waals surface area contributed by atoms with Crippen LogP contribution in [0.2, 0.25) is 0 Å². The highest BCUT2D eigenvalue weighted by Gasteiger charge is 2.23. The van der Waals surface area contributed by atoms with Crippen molar-refractivity contribution in [3.05, 3.63) is 212 Å². The third kappa shape index (κ3) is 5.53. The summed E-state index contributed by atoms with van der Waals surface area (Å²) in [4.78, 5) is 2.34. The maximum atomic E-state index is 6.96. The normalized spacial score (nSPS) is 11.3. The number of hydrogen-bond donors (Lipinski definition) is 0. The lowest BCUT2D eigenvalue weighted by molar-refractivity contribution is 0.636. The Morgan fingerprint density at radius 3 is 1.11 bits per heavy atom. The van der Waals surface area contributed by atoms with Crippen molar-refractivity contribution in [1.82, 2.24) is 0 Å². The van der Waals surface area contributed by atoms with Gasteiger partial charge in [0.05, 0.1) is 0 Å². The van der Waals surface area contributed by atoms with Crippen LogP contribution >= 0.6 is 0 Å². The summed E-state index contributed by atoms with van der Waals surface area (Å²) in [7, 11) is 0. The van der Waals surface area contributed by atoms with Crippen LogP contribution in [0.4, 0.5) is 17.1 Å². The number of benzene rings is 9. The summed E-state index contributed by atoms with van der Waals surface area (Å²) < 4.78 is 6.96. The van der Waals surface area contributed by atoms with Crippen molar-refractivity contribution in [2.75, 3.05) is 4.90 Å². The molecular formula is C52H35NO. The number of fused-ring (bicyclic) bond motifs is 6. The molecular weight excluding hydrogens is 655 g/mol. The van der Waals surface area contributed by atoms with Gasteiger partial charge in [0, 0.05) is 39.0 Å². The average Bonchev–Trinajstić information content (AvgIpc) is 3.67. The Morgan fingerprint density at radius 2 is 0.630 bits per heavy atom. The minimum atomic E-state index is 0.879. The van der Waals surface area contributed by atoms with Gasteiger partial charge in [-0.2, -0.15) is 0 Å². The molecule has 0 atom stereocenters. The fourth-order valence-corrected chi connectivity index (χ4v) is 7.89. The third-order valence-corrected chi connectivity index (χ3v) is 10.5. The minimum Gasteiger partial charge on any atom is -0.455 e. The second-order valence-corrected chi connectivity index (χ2v) is 13.7.